The fourth-order valence-corrected chi connectivity index (χ4v) is 1.68. The molecule has 0 amide bonds. The lowest BCUT2D eigenvalue weighted by atomic mass is 10.3. The van der Waals surface area contributed by atoms with Crippen molar-refractivity contribution in [2.45, 2.75) is 4.90 Å². The van der Waals surface area contributed by atoms with E-state index in [1.165, 1.54) is 7.11 Å². The summed E-state index contributed by atoms with van der Waals surface area (Å²) in [6, 6.07) is 2.01. The number of halogens is 2. The number of benzene rings is 1. The predicted octanol–water partition coefficient (Wildman–Crippen LogP) is 1.81. The Morgan fingerprint density at radius 3 is 2.47 bits per heavy atom. The zero-order valence-corrected chi connectivity index (χ0v) is 8.74. The maximum absolute atomic E-state index is 13.2. The van der Waals surface area contributed by atoms with Crippen LogP contribution in [0.4, 0.5) is 14.5 Å². The van der Waals surface area contributed by atoms with Crippen molar-refractivity contribution in [2.24, 2.45) is 0 Å². The average molecular weight is 233 g/mol. The van der Waals surface area contributed by atoms with Crippen LogP contribution in [-0.4, -0.2) is 18.8 Å². The van der Waals surface area contributed by atoms with E-state index in [1.54, 1.807) is 0 Å². The second-order valence-corrected chi connectivity index (χ2v) is 3.66. The molecule has 0 aliphatic heterocycles. The first kappa shape index (κ1) is 11.8. The van der Waals surface area contributed by atoms with Gasteiger partial charge in [-0.3, -0.25) is 4.79 Å². The van der Waals surface area contributed by atoms with Crippen LogP contribution in [0.3, 0.4) is 0 Å². The van der Waals surface area contributed by atoms with Gasteiger partial charge >= 0.3 is 5.97 Å². The highest BCUT2D eigenvalue weighted by molar-refractivity contribution is 8.00. The number of rotatable bonds is 3. The molecule has 0 aliphatic carbocycles. The van der Waals surface area contributed by atoms with Crippen LogP contribution in [0.5, 0.6) is 0 Å². The third kappa shape index (κ3) is 3.09. The molecule has 0 saturated carbocycles. The molecule has 0 aliphatic rings. The summed E-state index contributed by atoms with van der Waals surface area (Å²) in [4.78, 5) is 10.5. The maximum Gasteiger partial charge on any atom is 0.315 e. The van der Waals surface area contributed by atoms with Gasteiger partial charge in [0.05, 0.1) is 17.8 Å². The molecule has 2 N–H and O–H groups in total. The Bertz CT molecular complexity index is 361. The van der Waals surface area contributed by atoms with Gasteiger partial charge in [0.25, 0.3) is 0 Å². The lowest BCUT2D eigenvalue weighted by Crippen LogP contribution is -2.04. The average Bonchev–Trinajstić information content (AvgIpc) is 2.15. The second-order valence-electron chi connectivity index (χ2n) is 2.68. The van der Waals surface area contributed by atoms with Crippen molar-refractivity contribution in [1.82, 2.24) is 0 Å². The number of hydrogen-bond acceptors (Lipinski definition) is 4. The molecule has 0 heterocycles. The first-order chi connectivity index (χ1) is 7.04. The molecular weight excluding hydrogens is 224 g/mol. The summed E-state index contributed by atoms with van der Waals surface area (Å²) in [7, 11) is 1.21. The highest BCUT2D eigenvalue weighted by Gasteiger charge is 2.12. The van der Waals surface area contributed by atoms with Crippen LogP contribution in [0, 0.1) is 11.6 Å². The summed E-state index contributed by atoms with van der Waals surface area (Å²) in [6.45, 7) is 0. The van der Waals surface area contributed by atoms with E-state index in [0.29, 0.717) is 0 Å². The molecule has 0 aromatic heterocycles. The third-order valence-corrected chi connectivity index (χ3v) is 2.64. The topological polar surface area (TPSA) is 52.3 Å². The molecule has 0 spiro atoms. The number of thioether (sulfide) groups is 1. The molecule has 0 bridgehead atoms. The lowest BCUT2D eigenvalue weighted by molar-refractivity contribution is -0.137. The minimum atomic E-state index is -0.776. The Hall–Kier alpha value is -1.30. The van der Waals surface area contributed by atoms with E-state index in [1.807, 2.05) is 0 Å². The minimum absolute atomic E-state index is 0.00687. The molecule has 0 radical (unpaired) electrons. The van der Waals surface area contributed by atoms with Crippen LogP contribution in [-0.2, 0) is 9.53 Å². The van der Waals surface area contributed by atoms with Crippen LogP contribution in [0.25, 0.3) is 0 Å². The normalized spacial score (nSPS) is 10.1. The van der Waals surface area contributed by atoms with E-state index < -0.39 is 17.6 Å². The van der Waals surface area contributed by atoms with E-state index >= 15 is 0 Å². The van der Waals surface area contributed by atoms with Gasteiger partial charge in [-0.05, 0) is 12.1 Å². The summed E-state index contributed by atoms with van der Waals surface area (Å²) >= 11 is 0.735. The Morgan fingerprint density at radius 2 is 2.00 bits per heavy atom. The summed E-state index contributed by atoms with van der Waals surface area (Å²) in [5.74, 6) is -2.24. The van der Waals surface area contributed by atoms with Gasteiger partial charge in [0.15, 0.2) is 0 Å². The monoisotopic (exact) mass is 233 g/mol. The van der Waals surface area contributed by atoms with Gasteiger partial charge in [0, 0.05) is 5.69 Å². The summed E-state index contributed by atoms with van der Waals surface area (Å²) < 4.78 is 30.7. The molecule has 1 rings (SSSR count). The minimum Gasteiger partial charge on any atom is -0.468 e. The molecule has 0 saturated heterocycles. The highest BCUT2D eigenvalue weighted by atomic mass is 32.2. The van der Waals surface area contributed by atoms with Crippen LogP contribution < -0.4 is 5.73 Å². The molecule has 15 heavy (non-hydrogen) atoms. The largest absolute Gasteiger partial charge is 0.468 e. The van der Waals surface area contributed by atoms with E-state index in [4.69, 9.17) is 5.73 Å². The van der Waals surface area contributed by atoms with Crippen LogP contribution in [0.2, 0.25) is 0 Å². The number of ether oxygens (including phenoxy) is 1. The van der Waals surface area contributed by atoms with E-state index in [2.05, 4.69) is 4.74 Å². The molecule has 0 fully saturated rings. The van der Waals surface area contributed by atoms with E-state index in [0.717, 1.165) is 23.9 Å². The Labute approximate surface area is 89.6 Å². The van der Waals surface area contributed by atoms with Gasteiger partial charge in [-0.1, -0.05) is 0 Å². The predicted molar refractivity (Wildman–Crippen MR) is 53.5 cm³/mol. The van der Waals surface area contributed by atoms with Crippen molar-refractivity contribution in [2.75, 3.05) is 18.6 Å². The van der Waals surface area contributed by atoms with Gasteiger partial charge in [-0.25, -0.2) is 8.78 Å². The van der Waals surface area contributed by atoms with Crippen LogP contribution in [0.15, 0.2) is 17.0 Å². The van der Waals surface area contributed by atoms with Crippen molar-refractivity contribution >= 4 is 23.4 Å². The maximum atomic E-state index is 13.2. The molecule has 1 aromatic rings. The molecule has 3 nitrogen and oxygen atoms in total. The van der Waals surface area contributed by atoms with Gasteiger partial charge in [-0.15, -0.1) is 11.8 Å². The third-order valence-electron chi connectivity index (χ3n) is 1.58. The smallest absolute Gasteiger partial charge is 0.315 e. The summed E-state index contributed by atoms with van der Waals surface area (Å²) in [5.41, 5.74) is 5.24. The van der Waals surface area contributed by atoms with Crippen molar-refractivity contribution in [3.63, 3.8) is 0 Å². The lowest BCUT2D eigenvalue weighted by Gasteiger charge is -2.04. The number of nitrogens with two attached hydrogens (primary N) is 1. The number of nitrogen functional groups attached to an aromatic ring is 1. The number of hydrogen-bond donors (Lipinski definition) is 1. The van der Waals surface area contributed by atoms with Gasteiger partial charge in [0.1, 0.15) is 11.6 Å². The molecule has 0 atom stereocenters. The zero-order valence-electron chi connectivity index (χ0n) is 7.92. The summed E-state index contributed by atoms with van der Waals surface area (Å²) in [6.07, 6.45) is 0. The molecule has 1 aromatic carbocycles. The molecule has 0 unspecified atom stereocenters. The number of methoxy groups -OCH3 is 1. The zero-order chi connectivity index (χ0) is 11.4. The number of esters is 1. The van der Waals surface area contributed by atoms with Gasteiger partial charge in [0.2, 0.25) is 0 Å². The molecule has 6 heteroatoms. The van der Waals surface area contributed by atoms with Crippen molar-refractivity contribution in [3.05, 3.63) is 23.8 Å². The van der Waals surface area contributed by atoms with Crippen molar-refractivity contribution in [3.8, 4) is 0 Å². The second kappa shape index (κ2) is 4.97. The molecular formula is C9H9F2NO2S. The standard InChI is InChI=1S/C9H9F2NO2S/c1-14-8(13)4-15-9-6(10)2-5(12)3-7(9)11/h2-3H,4,12H2,1H3. The Balaban J connectivity index is 2.81. The number of carbonyl (C=O) groups is 1. The fraction of sp³-hybridized carbons (Fsp3) is 0.222. The van der Waals surface area contributed by atoms with Crippen molar-refractivity contribution in [1.29, 1.82) is 0 Å². The van der Waals surface area contributed by atoms with E-state index in [9.17, 15) is 13.6 Å². The quantitative estimate of drug-likeness (QED) is 0.491. The van der Waals surface area contributed by atoms with Crippen molar-refractivity contribution < 1.29 is 18.3 Å². The van der Waals surface area contributed by atoms with E-state index in [-0.39, 0.29) is 16.3 Å². The highest BCUT2D eigenvalue weighted by Crippen LogP contribution is 2.27. The summed E-state index contributed by atoms with van der Waals surface area (Å²) in [5, 5.41) is 0. The fourth-order valence-electron chi connectivity index (χ4n) is 0.907. The number of anilines is 1. The van der Waals surface area contributed by atoms with Gasteiger partial charge < -0.3 is 10.5 Å². The SMILES string of the molecule is COC(=O)CSc1c(F)cc(N)cc1F. The Morgan fingerprint density at radius 1 is 1.47 bits per heavy atom. The van der Waals surface area contributed by atoms with Crippen LogP contribution >= 0.6 is 11.8 Å². The van der Waals surface area contributed by atoms with Gasteiger partial charge in [-0.2, -0.15) is 0 Å². The Kier molecular flexibility index (Phi) is 3.90. The first-order valence-corrected chi connectivity index (χ1v) is 4.97. The first-order valence-electron chi connectivity index (χ1n) is 3.98. The molecule has 82 valence electrons. The number of carbonyl (C=O) groups excluding carboxylic acids is 1. The van der Waals surface area contributed by atoms with Crippen LogP contribution in [0.1, 0.15) is 0 Å².